The Balaban J connectivity index is 2.18. The molecule has 106 valence electrons. The summed E-state index contributed by atoms with van der Waals surface area (Å²) in [6.45, 7) is 0.0886. The zero-order chi connectivity index (χ0) is 14.4. The molecule has 0 aliphatic rings. The maximum Gasteiger partial charge on any atom is 0.307 e. The molecule has 2 aromatic carbocycles. The number of thioether (sulfide) groups is 1. The summed E-state index contributed by atoms with van der Waals surface area (Å²) in [4.78, 5) is 11.4. The molecule has 3 nitrogen and oxygen atoms in total. The van der Waals surface area contributed by atoms with Crippen molar-refractivity contribution in [3.05, 3.63) is 48.0 Å². The summed E-state index contributed by atoms with van der Waals surface area (Å²) in [5, 5.41) is 20.4. The van der Waals surface area contributed by atoms with Gasteiger partial charge in [0.2, 0.25) is 0 Å². The van der Waals surface area contributed by atoms with Gasteiger partial charge < -0.3 is 10.2 Å². The lowest BCUT2D eigenvalue weighted by Gasteiger charge is -2.13. The first kappa shape index (κ1) is 14.9. The lowest BCUT2D eigenvalue weighted by Crippen LogP contribution is -2.19. The largest absolute Gasteiger partial charge is 0.481 e. The Hall–Kier alpha value is -1.52. The van der Waals surface area contributed by atoms with Crippen molar-refractivity contribution in [2.45, 2.75) is 6.42 Å². The zero-order valence-corrected chi connectivity index (χ0v) is 12.0. The highest BCUT2D eigenvalue weighted by atomic mass is 32.2. The van der Waals surface area contributed by atoms with Crippen molar-refractivity contribution < 1.29 is 15.0 Å². The van der Waals surface area contributed by atoms with Crippen LogP contribution in [0.3, 0.4) is 0 Å². The molecule has 0 fully saturated rings. The Bertz CT molecular complexity index is 577. The Morgan fingerprint density at radius 3 is 2.65 bits per heavy atom. The maximum atomic E-state index is 11.4. The van der Waals surface area contributed by atoms with Crippen LogP contribution in [0.5, 0.6) is 0 Å². The average molecular weight is 290 g/mol. The SMILES string of the molecule is O=C(O)C(CSCCO)Cc1cccc2ccccc12. The van der Waals surface area contributed by atoms with Crippen LogP contribution in [0.1, 0.15) is 5.56 Å². The van der Waals surface area contributed by atoms with Gasteiger partial charge in [-0.2, -0.15) is 11.8 Å². The molecular weight excluding hydrogens is 272 g/mol. The summed E-state index contributed by atoms with van der Waals surface area (Å²) in [5.74, 6) is -0.0842. The molecule has 0 saturated carbocycles. The highest BCUT2D eigenvalue weighted by Gasteiger charge is 2.18. The maximum absolute atomic E-state index is 11.4. The fraction of sp³-hybridized carbons (Fsp3) is 0.312. The second-order valence-corrected chi connectivity index (χ2v) is 5.83. The van der Waals surface area contributed by atoms with Crippen molar-refractivity contribution in [2.24, 2.45) is 5.92 Å². The van der Waals surface area contributed by atoms with E-state index in [0.29, 0.717) is 17.9 Å². The molecule has 0 spiro atoms. The molecule has 1 unspecified atom stereocenters. The van der Waals surface area contributed by atoms with Gasteiger partial charge in [0, 0.05) is 11.5 Å². The quantitative estimate of drug-likeness (QED) is 0.770. The lowest BCUT2D eigenvalue weighted by atomic mass is 9.96. The number of fused-ring (bicyclic) bond motifs is 1. The molecule has 0 amide bonds. The third-order valence-corrected chi connectivity index (χ3v) is 4.36. The highest BCUT2D eigenvalue weighted by molar-refractivity contribution is 7.99. The second kappa shape index (κ2) is 7.31. The molecule has 0 heterocycles. The van der Waals surface area contributed by atoms with E-state index in [-0.39, 0.29) is 6.61 Å². The second-order valence-electron chi connectivity index (χ2n) is 4.68. The summed E-state index contributed by atoms with van der Waals surface area (Å²) in [5.41, 5.74) is 1.07. The van der Waals surface area contributed by atoms with E-state index >= 15 is 0 Å². The minimum atomic E-state index is -0.775. The fourth-order valence-corrected chi connectivity index (χ4v) is 3.08. The summed E-state index contributed by atoms with van der Waals surface area (Å²) in [6, 6.07) is 14.0. The predicted octanol–water partition coefficient (Wildman–Crippen LogP) is 2.81. The van der Waals surface area contributed by atoms with Crippen LogP contribution in [0.15, 0.2) is 42.5 Å². The minimum Gasteiger partial charge on any atom is -0.481 e. The molecule has 0 aliphatic heterocycles. The third kappa shape index (κ3) is 3.74. The monoisotopic (exact) mass is 290 g/mol. The van der Waals surface area contributed by atoms with E-state index in [1.54, 1.807) is 0 Å². The normalized spacial score (nSPS) is 12.4. The molecule has 2 aromatic rings. The van der Waals surface area contributed by atoms with Gasteiger partial charge in [-0.1, -0.05) is 42.5 Å². The number of carboxylic acids is 1. The number of aliphatic hydroxyl groups is 1. The van der Waals surface area contributed by atoms with Gasteiger partial charge in [0.1, 0.15) is 0 Å². The molecule has 2 rings (SSSR count). The number of aliphatic hydroxyl groups excluding tert-OH is 1. The van der Waals surface area contributed by atoms with Crippen LogP contribution in [-0.2, 0) is 11.2 Å². The van der Waals surface area contributed by atoms with Crippen molar-refractivity contribution in [1.82, 2.24) is 0 Å². The number of hydrogen-bond donors (Lipinski definition) is 2. The van der Waals surface area contributed by atoms with Crippen molar-refractivity contribution in [3.63, 3.8) is 0 Å². The molecule has 0 bridgehead atoms. The first-order valence-corrected chi connectivity index (χ1v) is 7.76. The van der Waals surface area contributed by atoms with Crippen molar-refractivity contribution in [1.29, 1.82) is 0 Å². The van der Waals surface area contributed by atoms with Gasteiger partial charge in [-0.15, -0.1) is 0 Å². The molecule has 0 aliphatic carbocycles. The Morgan fingerprint density at radius 2 is 1.90 bits per heavy atom. The number of benzene rings is 2. The molecule has 1 atom stereocenters. The van der Waals surface area contributed by atoms with Crippen molar-refractivity contribution in [2.75, 3.05) is 18.1 Å². The van der Waals surface area contributed by atoms with Gasteiger partial charge in [-0.3, -0.25) is 4.79 Å². The Kier molecular flexibility index (Phi) is 5.44. The van der Waals surface area contributed by atoms with Crippen molar-refractivity contribution >= 4 is 28.5 Å². The van der Waals surface area contributed by atoms with E-state index in [1.807, 2.05) is 42.5 Å². The summed E-state index contributed by atoms with van der Waals surface area (Å²) in [7, 11) is 0. The van der Waals surface area contributed by atoms with Crippen LogP contribution in [0.4, 0.5) is 0 Å². The summed E-state index contributed by atoms with van der Waals surface area (Å²) in [6.07, 6.45) is 0.523. The van der Waals surface area contributed by atoms with E-state index in [9.17, 15) is 9.90 Å². The zero-order valence-electron chi connectivity index (χ0n) is 11.2. The number of hydrogen-bond acceptors (Lipinski definition) is 3. The van der Waals surface area contributed by atoms with Gasteiger partial charge in [0.05, 0.1) is 12.5 Å². The van der Waals surface area contributed by atoms with Crippen LogP contribution in [0.2, 0.25) is 0 Å². The standard InChI is InChI=1S/C16H18O3S/c17-8-9-20-11-14(16(18)19)10-13-6-3-5-12-4-1-2-7-15(12)13/h1-7,14,17H,8-11H2,(H,18,19). The van der Waals surface area contributed by atoms with Crippen LogP contribution < -0.4 is 0 Å². The van der Waals surface area contributed by atoms with E-state index < -0.39 is 11.9 Å². The fourth-order valence-electron chi connectivity index (χ4n) is 2.24. The smallest absolute Gasteiger partial charge is 0.307 e. The molecule has 2 N–H and O–H groups in total. The minimum absolute atomic E-state index is 0.0886. The molecule has 20 heavy (non-hydrogen) atoms. The van der Waals surface area contributed by atoms with Gasteiger partial charge in [-0.25, -0.2) is 0 Å². The Morgan fingerprint density at radius 1 is 1.15 bits per heavy atom. The average Bonchev–Trinajstić information content (AvgIpc) is 2.46. The topological polar surface area (TPSA) is 57.5 Å². The lowest BCUT2D eigenvalue weighted by molar-refractivity contribution is -0.140. The van der Waals surface area contributed by atoms with Crippen molar-refractivity contribution in [3.8, 4) is 0 Å². The van der Waals surface area contributed by atoms with Gasteiger partial charge in [-0.05, 0) is 22.8 Å². The first-order valence-electron chi connectivity index (χ1n) is 6.60. The van der Waals surface area contributed by atoms with Gasteiger partial charge in [0.15, 0.2) is 0 Å². The van der Waals surface area contributed by atoms with E-state index in [0.717, 1.165) is 16.3 Å². The predicted molar refractivity (Wildman–Crippen MR) is 83.2 cm³/mol. The Labute approximate surface area is 122 Å². The highest BCUT2D eigenvalue weighted by Crippen LogP contribution is 2.23. The van der Waals surface area contributed by atoms with E-state index in [1.165, 1.54) is 11.8 Å². The molecule has 4 heteroatoms. The molecule has 0 aromatic heterocycles. The summed E-state index contributed by atoms with van der Waals surface area (Å²) >= 11 is 1.48. The number of carboxylic acid groups (broad SMARTS) is 1. The third-order valence-electron chi connectivity index (χ3n) is 3.25. The van der Waals surface area contributed by atoms with Gasteiger partial charge >= 0.3 is 5.97 Å². The summed E-state index contributed by atoms with van der Waals surface area (Å²) < 4.78 is 0. The van der Waals surface area contributed by atoms with Gasteiger partial charge in [0.25, 0.3) is 0 Å². The number of aliphatic carboxylic acids is 1. The first-order chi connectivity index (χ1) is 9.72. The number of carbonyl (C=O) groups is 1. The molecular formula is C16H18O3S. The number of rotatable bonds is 7. The molecule has 0 radical (unpaired) electrons. The van der Waals surface area contributed by atoms with E-state index in [2.05, 4.69) is 0 Å². The van der Waals surface area contributed by atoms with Crippen LogP contribution >= 0.6 is 11.8 Å². The van der Waals surface area contributed by atoms with Crippen LogP contribution in [0, 0.1) is 5.92 Å². The van der Waals surface area contributed by atoms with Crippen LogP contribution in [-0.4, -0.2) is 34.3 Å². The van der Waals surface area contributed by atoms with E-state index in [4.69, 9.17) is 5.11 Å². The molecule has 0 saturated heterocycles. The van der Waals surface area contributed by atoms with Crippen LogP contribution in [0.25, 0.3) is 10.8 Å².